The normalized spacial score (nSPS) is 23.2. The first-order valence-electron chi connectivity index (χ1n) is 8.51. The Morgan fingerprint density at radius 3 is 2.10 bits per heavy atom. The van der Waals surface area contributed by atoms with E-state index in [0.717, 1.165) is 78.0 Å². The van der Waals surface area contributed by atoms with Gasteiger partial charge in [0.2, 0.25) is 10.0 Å². The van der Waals surface area contributed by atoms with Crippen molar-refractivity contribution in [2.45, 2.75) is 44.8 Å². The molecule has 0 radical (unpaired) electrons. The Labute approximate surface area is 130 Å². The highest BCUT2D eigenvalue weighted by atomic mass is 32.2. The third-order valence-electron chi connectivity index (χ3n) is 5.01. The van der Waals surface area contributed by atoms with Gasteiger partial charge in [0.15, 0.2) is 0 Å². The monoisotopic (exact) mass is 317 g/mol. The molecule has 21 heavy (non-hydrogen) atoms. The summed E-state index contributed by atoms with van der Waals surface area (Å²) in [5, 5.41) is -0.139. The molecular formula is C15H31N3O2S. The Morgan fingerprint density at radius 2 is 1.57 bits per heavy atom. The van der Waals surface area contributed by atoms with E-state index >= 15 is 0 Å². The van der Waals surface area contributed by atoms with E-state index in [4.69, 9.17) is 0 Å². The molecule has 0 spiro atoms. The number of hydrogen-bond acceptors (Lipinski definition) is 4. The van der Waals surface area contributed by atoms with Crippen LogP contribution >= 0.6 is 0 Å². The fourth-order valence-corrected chi connectivity index (χ4v) is 5.40. The van der Waals surface area contributed by atoms with E-state index in [1.807, 2.05) is 0 Å². The van der Waals surface area contributed by atoms with Crippen molar-refractivity contribution in [1.82, 2.24) is 14.1 Å². The van der Waals surface area contributed by atoms with Gasteiger partial charge in [0.1, 0.15) is 0 Å². The zero-order valence-corrected chi connectivity index (χ0v) is 14.4. The second-order valence-corrected chi connectivity index (χ2v) is 8.43. The van der Waals surface area contributed by atoms with Crippen molar-refractivity contribution in [2.24, 2.45) is 0 Å². The van der Waals surface area contributed by atoms with E-state index in [1.54, 1.807) is 4.31 Å². The van der Waals surface area contributed by atoms with Crippen LogP contribution in [-0.4, -0.2) is 80.1 Å². The molecule has 5 nitrogen and oxygen atoms in total. The van der Waals surface area contributed by atoms with Crippen LogP contribution in [0.25, 0.3) is 0 Å². The van der Waals surface area contributed by atoms with Gasteiger partial charge in [-0.3, -0.25) is 0 Å². The Balaban J connectivity index is 1.77. The number of piperidine rings is 1. The van der Waals surface area contributed by atoms with Crippen LogP contribution in [-0.2, 0) is 10.0 Å². The summed E-state index contributed by atoms with van der Waals surface area (Å²) in [7, 11) is -3.03. The minimum atomic E-state index is -3.03. The van der Waals surface area contributed by atoms with Gasteiger partial charge in [-0.05, 0) is 51.9 Å². The van der Waals surface area contributed by atoms with Crippen molar-refractivity contribution in [3.05, 3.63) is 0 Å². The van der Waals surface area contributed by atoms with Gasteiger partial charge in [-0.2, -0.15) is 0 Å². The highest BCUT2D eigenvalue weighted by molar-refractivity contribution is 7.89. The summed E-state index contributed by atoms with van der Waals surface area (Å²) in [5.74, 6) is 0. The van der Waals surface area contributed by atoms with Crippen LogP contribution in [0.5, 0.6) is 0 Å². The molecule has 0 aromatic heterocycles. The molecule has 2 rings (SSSR count). The predicted molar refractivity (Wildman–Crippen MR) is 87.0 cm³/mol. The molecule has 2 aliphatic heterocycles. The quantitative estimate of drug-likeness (QED) is 0.708. The molecule has 0 saturated carbocycles. The summed E-state index contributed by atoms with van der Waals surface area (Å²) in [4.78, 5) is 4.85. The molecule has 124 valence electrons. The second-order valence-electron chi connectivity index (χ2n) is 6.22. The largest absolute Gasteiger partial charge is 0.303 e. The van der Waals surface area contributed by atoms with Crippen LogP contribution in [0, 0.1) is 0 Å². The van der Waals surface area contributed by atoms with Crippen molar-refractivity contribution in [1.29, 1.82) is 0 Å². The molecular weight excluding hydrogens is 286 g/mol. The molecule has 0 bridgehead atoms. The highest BCUT2D eigenvalue weighted by Gasteiger charge is 2.35. The molecule has 0 N–H and O–H groups in total. The first-order valence-corrected chi connectivity index (χ1v) is 10.0. The molecule has 0 amide bonds. The van der Waals surface area contributed by atoms with E-state index in [1.165, 1.54) is 0 Å². The van der Waals surface area contributed by atoms with Crippen molar-refractivity contribution in [3.63, 3.8) is 0 Å². The lowest BCUT2D eigenvalue weighted by atomic mass is 10.1. The van der Waals surface area contributed by atoms with Gasteiger partial charge in [0.25, 0.3) is 0 Å². The van der Waals surface area contributed by atoms with Crippen molar-refractivity contribution >= 4 is 10.0 Å². The van der Waals surface area contributed by atoms with E-state index in [0.29, 0.717) is 0 Å². The lowest BCUT2D eigenvalue weighted by Gasteiger charge is -2.34. The topological polar surface area (TPSA) is 43.9 Å². The molecule has 2 heterocycles. The smallest absolute Gasteiger partial charge is 0.217 e. The van der Waals surface area contributed by atoms with Gasteiger partial charge in [0.05, 0.1) is 5.25 Å². The molecule has 0 aromatic rings. The number of sulfonamides is 1. The minimum Gasteiger partial charge on any atom is -0.303 e. The summed E-state index contributed by atoms with van der Waals surface area (Å²) < 4.78 is 26.8. The first kappa shape index (κ1) is 17.2. The van der Waals surface area contributed by atoms with Crippen LogP contribution in [0.3, 0.4) is 0 Å². The zero-order valence-electron chi connectivity index (χ0n) is 13.6. The maximum Gasteiger partial charge on any atom is 0.217 e. The minimum absolute atomic E-state index is 0.139. The van der Waals surface area contributed by atoms with Crippen molar-refractivity contribution in [2.75, 3.05) is 52.4 Å². The summed E-state index contributed by atoms with van der Waals surface area (Å²) in [6.07, 6.45) is 3.66. The molecule has 0 unspecified atom stereocenters. The third-order valence-corrected chi connectivity index (χ3v) is 7.41. The van der Waals surface area contributed by atoms with E-state index in [2.05, 4.69) is 23.6 Å². The molecule has 6 heteroatoms. The lowest BCUT2D eigenvalue weighted by molar-refractivity contribution is 0.188. The van der Waals surface area contributed by atoms with Crippen LogP contribution in [0.15, 0.2) is 0 Å². The van der Waals surface area contributed by atoms with Gasteiger partial charge in [0, 0.05) is 26.2 Å². The summed E-state index contributed by atoms with van der Waals surface area (Å²) in [5.41, 5.74) is 0. The molecule has 0 aliphatic carbocycles. The average molecular weight is 317 g/mol. The molecule has 2 aliphatic rings. The Kier molecular flexibility index (Phi) is 6.47. The fraction of sp³-hybridized carbons (Fsp3) is 1.00. The van der Waals surface area contributed by atoms with Crippen LogP contribution in [0.4, 0.5) is 0 Å². The number of hydrogen-bond donors (Lipinski definition) is 0. The van der Waals surface area contributed by atoms with E-state index in [9.17, 15) is 8.42 Å². The summed E-state index contributed by atoms with van der Waals surface area (Å²) in [6, 6.07) is 0. The van der Waals surface area contributed by atoms with E-state index in [-0.39, 0.29) is 5.25 Å². The van der Waals surface area contributed by atoms with Crippen LogP contribution in [0.2, 0.25) is 0 Å². The summed E-state index contributed by atoms with van der Waals surface area (Å²) in [6.45, 7) is 12.1. The van der Waals surface area contributed by atoms with E-state index < -0.39 is 10.0 Å². The molecule has 0 atom stereocenters. The van der Waals surface area contributed by atoms with Crippen molar-refractivity contribution < 1.29 is 8.42 Å². The Bertz CT molecular complexity index is 395. The van der Waals surface area contributed by atoms with Gasteiger partial charge < -0.3 is 9.80 Å². The predicted octanol–water partition coefficient (Wildman–Crippen LogP) is 1.22. The van der Waals surface area contributed by atoms with Gasteiger partial charge in [-0.1, -0.05) is 13.8 Å². The highest BCUT2D eigenvalue weighted by Crippen LogP contribution is 2.24. The number of likely N-dealkylation sites (tertiary alicyclic amines) is 1. The Morgan fingerprint density at radius 1 is 1.00 bits per heavy atom. The zero-order chi connectivity index (χ0) is 15.3. The third kappa shape index (κ3) is 4.41. The summed E-state index contributed by atoms with van der Waals surface area (Å²) >= 11 is 0. The van der Waals surface area contributed by atoms with Crippen LogP contribution in [0.1, 0.15) is 39.5 Å². The maximum atomic E-state index is 12.6. The average Bonchev–Trinajstić information content (AvgIpc) is 3.04. The molecule has 2 saturated heterocycles. The number of nitrogens with zero attached hydrogens (tertiary/aromatic N) is 3. The first-order chi connectivity index (χ1) is 10.1. The van der Waals surface area contributed by atoms with Gasteiger partial charge >= 0.3 is 0 Å². The van der Waals surface area contributed by atoms with Gasteiger partial charge in [-0.25, -0.2) is 12.7 Å². The second kappa shape index (κ2) is 7.90. The Hall–Kier alpha value is -0.170. The van der Waals surface area contributed by atoms with Crippen LogP contribution < -0.4 is 0 Å². The van der Waals surface area contributed by atoms with Gasteiger partial charge in [-0.15, -0.1) is 0 Å². The fourth-order valence-electron chi connectivity index (χ4n) is 3.41. The molecule has 2 fully saturated rings. The SMILES string of the molecule is CCN(CC)CCN1CCC(S(=O)(=O)N2CCCC2)CC1. The number of rotatable bonds is 7. The lowest BCUT2D eigenvalue weighted by Crippen LogP contribution is -2.46. The maximum absolute atomic E-state index is 12.6. The molecule has 0 aromatic carbocycles. The number of likely N-dealkylation sites (N-methyl/N-ethyl adjacent to an activating group) is 1. The van der Waals surface area contributed by atoms with Crippen molar-refractivity contribution in [3.8, 4) is 0 Å². The standard InChI is InChI=1S/C15H31N3O2S/c1-3-16(4-2)13-14-17-11-7-15(8-12-17)21(19,20)18-9-5-6-10-18/h15H,3-14H2,1-2H3.